The fraction of sp³-hybridized carbons (Fsp3) is 0.324. The van der Waals surface area contributed by atoms with Gasteiger partial charge in [-0.1, -0.05) is 12.1 Å². The van der Waals surface area contributed by atoms with Crippen LogP contribution in [-0.2, 0) is 6.54 Å². The van der Waals surface area contributed by atoms with Gasteiger partial charge in [-0.25, -0.2) is 9.97 Å². The Balaban J connectivity index is 1.26. The summed E-state index contributed by atoms with van der Waals surface area (Å²) in [6.07, 6.45) is 5.16. The molecular formula is C34H38N8O2. The minimum atomic E-state index is -0.196. The zero-order valence-electron chi connectivity index (χ0n) is 25.9. The largest absolute Gasteiger partial charge is 0.437 e. The SMILES string of the molecule is Cc1cc(CN2CCN(C)CC2)cc(NC(=O)c2cc(Oc3nc(-c4ccncc4)nc4c3ncn4C(C)C)ccc2C)c1. The lowest BCUT2D eigenvalue weighted by Crippen LogP contribution is -2.43. The lowest BCUT2D eigenvalue weighted by molar-refractivity contribution is 0.102. The van der Waals surface area contributed by atoms with Crippen LogP contribution in [0.25, 0.3) is 22.6 Å². The van der Waals surface area contributed by atoms with Crippen LogP contribution in [0.5, 0.6) is 11.6 Å². The summed E-state index contributed by atoms with van der Waals surface area (Å²) in [7, 11) is 2.16. The zero-order valence-corrected chi connectivity index (χ0v) is 25.9. The van der Waals surface area contributed by atoms with Crippen molar-refractivity contribution in [1.82, 2.24) is 34.3 Å². The number of likely N-dealkylation sites (N-methyl/N-ethyl adjacent to an activating group) is 1. The average Bonchev–Trinajstić information content (AvgIpc) is 3.44. The summed E-state index contributed by atoms with van der Waals surface area (Å²) in [6, 6.07) is 15.6. The van der Waals surface area contributed by atoms with Crippen LogP contribution in [0.15, 0.2) is 67.3 Å². The van der Waals surface area contributed by atoms with Crippen LogP contribution in [0.1, 0.15) is 46.9 Å². The number of anilines is 1. The second kappa shape index (κ2) is 12.5. The standard InChI is InChI=1S/C34H38N8O2/c1-22(2)42-21-36-30-32(42)38-31(26-8-10-35-11-9-26)39-34(30)44-28-7-6-24(4)29(19-28)33(43)37-27-17-23(3)16-25(18-27)20-41-14-12-40(5)13-15-41/h6-11,16-19,21-22H,12-15,20H2,1-5H3,(H,37,43). The normalized spacial score (nSPS) is 14.3. The molecule has 0 atom stereocenters. The van der Waals surface area contributed by atoms with E-state index in [0.29, 0.717) is 34.2 Å². The number of carbonyl (C=O) groups excluding carboxylic acids is 1. The first kappa shape index (κ1) is 29.4. The molecule has 0 unspecified atom stereocenters. The maximum atomic E-state index is 13.6. The Morgan fingerprint density at radius 3 is 2.50 bits per heavy atom. The number of rotatable bonds is 8. The van der Waals surface area contributed by atoms with Crippen LogP contribution >= 0.6 is 0 Å². The summed E-state index contributed by atoms with van der Waals surface area (Å²) in [5.41, 5.74) is 6.49. The lowest BCUT2D eigenvalue weighted by Gasteiger charge is -2.32. The highest BCUT2D eigenvalue weighted by molar-refractivity contribution is 6.05. The van der Waals surface area contributed by atoms with E-state index in [1.54, 1.807) is 24.8 Å². The first-order chi connectivity index (χ1) is 21.2. The minimum absolute atomic E-state index is 0.145. The van der Waals surface area contributed by atoms with E-state index in [9.17, 15) is 4.79 Å². The number of hydrogen-bond acceptors (Lipinski definition) is 8. The Morgan fingerprint density at radius 1 is 0.977 bits per heavy atom. The van der Waals surface area contributed by atoms with Gasteiger partial charge in [0.25, 0.3) is 11.8 Å². The molecule has 3 aromatic heterocycles. The molecule has 1 aliphatic heterocycles. The van der Waals surface area contributed by atoms with Crippen molar-refractivity contribution in [2.24, 2.45) is 0 Å². The van der Waals surface area contributed by atoms with E-state index in [4.69, 9.17) is 14.7 Å². The summed E-state index contributed by atoms with van der Waals surface area (Å²) in [5, 5.41) is 3.12. The number of pyridine rings is 1. The molecule has 0 bridgehead atoms. The molecule has 0 aliphatic carbocycles. The average molecular weight is 591 g/mol. The molecule has 226 valence electrons. The Hall–Kier alpha value is -4.67. The van der Waals surface area contributed by atoms with E-state index in [1.165, 1.54) is 5.56 Å². The summed E-state index contributed by atoms with van der Waals surface area (Å²) in [5.74, 6) is 1.12. The molecule has 1 amide bonds. The second-order valence-corrected chi connectivity index (χ2v) is 11.8. The fourth-order valence-corrected chi connectivity index (χ4v) is 5.48. The van der Waals surface area contributed by atoms with Crippen LogP contribution in [0.4, 0.5) is 5.69 Å². The number of hydrogen-bond donors (Lipinski definition) is 1. The summed E-state index contributed by atoms with van der Waals surface area (Å²) < 4.78 is 8.33. The van der Waals surface area contributed by atoms with Crippen molar-refractivity contribution in [3.05, 3.63) is 89.5 Å². The maximum absolute atomic E-state index is 13.6. The number of ether oxygens (including phenoxy) is 1. The van der Waals surface area contributed by atoms with Crippen molar-refractivity contribution in [2.45, 2.75) is 40.3 Å². The molecule has 0 spiro atoms. The molecule has 0 radical (unpaired) electrons. The number of fused-ring (bicyclic) bond motifs is 1. The molecule has 4 heterocycles. The Labute approximate surface area is 257 Å². The number of piperazine rings is 1. The van der Waals surface area contributed by atoms with Crippen molar-refractivity contribution in [3.8, 4) is 23.0 Å². The third-order valence-electron chi connectivity index (χ3n) is 7.95. The number of amides is 1. The molecule has 1 saturated heterocycles. The number of imidazole rings is 1. The van der Waals surface area contributed by atoms with Crippen LogP contribution in [-0.4, -0.2) is 73.4 Å². The van der Waals surface area contributed by atoms with E-state index in [0.717, 1.165) is 55.1 Å². The third-order valence-corrected chi connectivity index (χ3v) is 7.95. The van der Waals surface area contributed by atoms with E-state index in [-0.39, 0.29) is 11.9 Å². The fourth-order valence-electron chi connectivity index (χ4n) is 5.48. The smallest absolute Gasteiger partial charge is 0.256 e. The van der Waals surface area contributed by atoms with Gasteiger partial charge < -0.3 is 19.5 Å². The van der Waals surface area contributed by atoms with E-state index in [1.807, 2.05) is 41.8 Å². The van der Waals surface area contributed by atoms with E-state index >= 15 is 0 Å². The predicted octanol–water partition coefficient (Wildman–Crippen LogP) is 5.88. The molecule has 6 rings (SSSR count). The Morgan fingerprint density at radius 2 is 1.75 bits per heavy atom. The first-order valence-electron chi connectivity index (χ1n) is 15.0. The summed E-state index contributed by atoms with van der Waals surface area (Å²) in [4.78, 5) is 36.6. The highest BCUT2D eigenvalue weighted by Crippen LogP contribution is 2.31. The van der Waals surface area contributed by atoms with Crippen LogP contribution in [0, 0.1) is 13.8 Å². The van der Waals surface area contributed by atoms with E-state index in [2.05, 4.69) is 65.0 Å². The molecule has 1 aliphatic rings. The number of nitrogens with zero attached hydrogens (tertiary/aromatic N) is 7. The predicted molar refractivity (Wildman–Crippen MR) is 172 cm³/mol. The molecular weight excluding hydrogens is 552 g/mol. The van der Waals surface area contributed by atoms with Crippen molar-refractivity contribution in [3.63, 3.8) is 0 Å². The van der Waals surface area contributed by atoms with Crippen LogP contribution in [0.3, 0.4) is 0 Å². The number of aryl methyl sites for hydroxylation is 2. The number of benzene rings is 2. The van der Waals surface area contributed by atoms with Crippen LogP contribution in [0.2, 0.25) is 0 Å². The van der Waals surface area contributed by atoms with Gasteiger partial charge in [-0.15, -0.1) is 0 Å². The monoisotopic (exact) mass is 590 g/mol. The number of carbonyl (C=O) groups is 1. The second-order valence-electron chi connectivity index (χ2n) is 11.8. The Bertz CT molecular complexity index is 1790. The van der Waals surface area contributed by atoms with Crippen molar-refractivity contribution in [2.75, 3.05) is 38.5 Å². The first-order valence-corrected chi connectivity index (χ1v) is 15.0. The molecule has 10 heteroatoms. The van der Waals surface area contributed by atoms with Crippen molar-refractivity contribution >= 4 is 22.8 Å². The molecule has 0 saturated carbocycles. The molecule has 1 N–H and O–H groups in total. The van der Waals surface area contributed by atoms with Gasteiger partial charge >= 0.3 is 0 Å². The van der Waals surface area contributed by atoms with E-state index < -0.39 is 0 Å². The lowest BCUT2D eigenvalue weighted by atomic mass is 10.1. The number of aromatic nitrogens is 5. The van der Waals surface area contributed by atoms with Gasteiger partial charge in [0.2, 0.25) is 0 Å². The topological polar surface area (TPSA) is 101 Å². The number of nitrogens with one attached hydrogen (secondary N) is 1. The van der Waals surface area contributed by atoms with Gasteiger partial charge in [-0.3, -0.25) is 14.7 Å². The zero-order chi connectivity index (χ0) is 30.8. The third kappa shape index (κ3) is 6.46. The van der Waals surface area contributed by atoms with Crippen molar-refractivity contribution in [1.29, 1.82) is 0 Å². The highest BCUT2D eigenvalue weighted by atomic mass is 16.5. The van der Waals surface area contributed by atoms with Gasteiger partial charge in [0.1, 0.15) is 5.75 Å². The molecule has 10 nitrogen and oxygen atoms in total. The molecule has 5 aromatic rings. The summed E-state index contributed by atoms with van der Waals surface area (Å²) in [6.45, 7) is 13.2. The van der Waals surface area contributed by atoms with Gasteiger partial charge in [0.05, 0.1) is 6.33 Å². The molecule has 1 fully saturated rings. The maximum Gasteiger partial charge on any atom is 0.256 e. The summed E-state index contributed by atoms with van der Waals surface area (Å²) >= 11 is 0. The molecule has 44 heavy (non-hydrogen) atoms. The van der Waals surface area contributed by atoms with Gasteiger partial charge in [-0.05, 0) is 87.8 Å². The van der Waals surface area contributed by atoms with Crippen molar-refractivity contribution < 1.29 is 9.53 Å². The minimum Gasteiger partial charge on any atom is -0.437 e. The van der Waals surface area contributed by atoms with Crippen LogP contribution < -0.4 is 10.1 Å². The Kier molecular flexibility index (Phi) is 8.36. The van der Waals surface area contributed by atoms with Gasteiger partial charge in [0.15, 0.2) is 17.0 Å². The quantitative estimate of drug-likeness (QED) is 0.239. The van der Waals surface area contributed by atoms with Gasteiger partial charge in [0, 0.05) is 68.0 Å². The molecule has 2 aromatic carbocycles. The highest BCUT2D eigenvalue weighted by Gasteiger charge is 2.19. The van der Waals surface area contributed by atoms with Gasteiger partial charge in [-0.2, -0.15) is 4.98 Å².